The molecule has 0 saturated carbocycles. The Morgan fingerprint density at radius 1 is 1.18 bits per heavy atom. The Kier molecular flexibility index (Phi) is 10.4. The summed E-state index contributed by atoms with van der Waals surface area (Å²) < 4.78 is 5.50. The molecule has 0 radical (unpaired) electrons. The number of ether oxygens (including phenoxy) is 1. The molecule has 0 aliphatic carbocycles. The summed E-state index contributed by atoms with van der Waals surface area (Å²) in [5.74, 6) is 0.610. The van der Waals surface area contributed by atoms with Gasteiger partial charge in [0.2, 0.25) is 5.91 Å². The average molecular weight is 473 g/mol. The van der Waals surface area contributed by atoms with Gasteiger partial charge in [-0.25, -0.2) is 9.79 Å². The van der Waals surface area contributed by atoms with Crippen molar-refractivity contribution in [3.63, 3.8) is 0 Å². The summed E-state index contributed by atoms with van der Waals surface area (Å²) in [5.41, 5.74) is 6.89. The minimum atomic E-state index is -0.614. The molecule has 0 spiro atoms. The zero-order valence-electron chi connectivity index (χ0n) is 21.8. The fourth-order valence-electron chi connectivity index (χ4n) is 4.64. The highest BCUT2D eigenvalue weighted by Crippen LogP contribution is 2.31. The van der Waals surface area contributed by atoms with Crippen LogP contribution in [0.5, 0.6) is 0 Å². The lowest BCUT2D eigenvalue weighted by molar-refractivity contribution is -0.126. The highest BCUT2D eigenvalue weighted by atomic mass is 16.6. The number of hydrogen-bond acceptors (Lipinski definition) is 4. The number of aliphatic imine (C=N–C) groups is 1. The number of carbonyl (C=O) groups is 2. The number of nitrogens with zero attached hydrogens (tertiary/aromatic N) is 2. The number of rotatable bonds is 8. The molecule has 1 aromatic carbocycles. The highest BCUT2D eigenvalue weighted by molar-refractivity contribution is 5.99. The SMILES string of the molecule is CCC(CC(CC)C(C)N=C(N)NC(=O)C1CCCCN1C(=O)OC(C)(C)C)c1ccccc1. The zero-order chi connectivity index (χ0) is 25.3. The van der Waals surface area contributed by atoms with Crippen molar-refractivity contribution < 1.29 is 14.3 Å². The van der Waals surface area contributed by atoms with Crippen molar-refractivity contribution >= 4 is 18.0 Å². The lowest BCUT2D eigenvalue weighted by Gasteiger charge is -2.35. The standard InChI is InChI=1S/C27H44N4O3/c1-7-20(18-21(8-2)22-14-10-9-11-15-22)19(3)29-25(28)30-24(32)23-16-12-13-17-31(23)26(33)34-27(4,5)6/h9-11,14-15,19-21,23H,7-8,12-13,16-18H2,1-6H3,(H3,28,29,30,32). The third kappa shape index (κ3) is 8.33. The molecule has 1 aromatic rings. The quantitative estimate of drug-likeness (QED) is 0.401. The summed E-state index contributed by atoms with van der Waals surface area (Å²) in [6.45, 7) is 12.4. The predicted octanol–water partition coefficient (Wildman–Crippen LogP) is 5.21. The van der Waals surface area contributed by atoms with Crippen molar-refractivity contribution in [2.75, 3.05) is 6.54 Å². The maximum Gasteiger partial charge on any atom is 0.410 e. The maximum atomic E-state index is 13.0. The van der Waals surface area contributed by atoms with Crippen LogP contribution < -0.4 is 11.1 Å². The van der Waals surface area contributed by atoms with E-state index in [0.717, 1.165) is 32.1 Å². The van der Waals surface area contributed by atoms with Crippen LogP contribution in [0.15, 0.2) is 35.3 Å². The predicted molar refractivity (Wildman–Crippen MR) is 138 cm³/mol. The number of nitrogens with two attached hydrogens (primary N) is 1. The van der Waals surface area contributed by atoms with Crippen molar-refractivity contribution in [2.24, 2.45) is 16.6 Å². The van der Waals surface area contributed by atoms with Gasteiger partial charge in [-0.3, -0.25) is 15.0 Å². The largest absolute Gasteiger partial charge is 0.444 e. The Balaban J connectivity index is 2.03. The van der Waals surface area contributed by atoms with Crippen molar-refractivity contribution in [3.8, 4) is 0 Å². The normalized spacial score (nSPS) is 19.8. The van der Waals surface area contributed by atoms with Crippen molar-refractivity contribution in [2.45, 2.75) is 104 Å². The van der Waals surface area contributed by atoms with E-state index < -0.39 is 17.7 Å². The van der Waals surface area contributed by atoms with Crippen LogP contribution in [0.2, 0.25) is 0 Å². The Bertz CT molecular complexity index is 819. The van der Waals surface area contributed by atoms with Gasteiger partial charge < -0.3 is 10.5 Å². The number of guanidine groups is 1. The smallest absolute Gasteiger partial charge is 0.410 e. The van der Waals surface area contributed by atoms with Gasteiger partial charge in [-0.15, -0.1) is 0 Å². The number of hydrogen-bond donors (Lipinski definition) is 2. The molecular formula is C27H44N4O3. The van der Waals surface area contributed by atoms with Gasteiger partial charge >= 0.3 is 6.09 Å². The van der Waals surface area contributed by atoms with Gasteiger partial charge in [-0.1, -0.05) is 50.6 Å². The van der Waals surface area contributed by atoms with Crippen LogP contribution in [-0.2, 0) is 9.53 Å². The van der Waals surface area contributed by atoms with Gasteiger partial charge in [0.05, 0.1) is 6.04 Å². The molecule has 4 atom stereocenters. The van der Waals surface area contributed by atoms with Crippen LogP contribution >= 0.6 is 0 Å². The lowest BCUT2D eigenvalue weighted by Crippen LogP contribution is -2.55. The van der Waals surface area contributed by atoms with Gasteiger partial charge in [0, 0.05) is 6.54 Å². The van der Waals surface area contributed by atoms with Gasteiger partial charge in [-0.05, 0) is 77.2 Å². The Morgan fingerprint density at radius 2 is 1.85 bits per heavy atom. The Labute approximate surface area is 205 Å². The first kappa shape index (κ1) is 27.7. The van der Waals surface area contributed by atoms with E-state index in [0.29, 0.717) is 24.8 Å². The van der Waals surface area contributed by atoms with Gasteiger partial charge in [0.1, 0.15) is 11.6 Å². The molecule has 1 heterocycles. The molecule has 3 N–H and O–H groups in total. The zero-order valence-corrected chi connectivity index (χ0v) is 21.8. The van der Waals surface area contributed by atoms with Crippen LogP contribution in [0.3, 0.4) is 0 Å². The number of likely N-dealkylation sites (tertiary alicyclic amines) is 1. The summed E-state index contributed by atoms with van der Waals surface area (Å²) in [6.07, 6.45) is 4.89. The summed E-state index contributed by atoms with van der Waals surface area (Å²) in [6, 6.07) is 9.95. The monoisotopic (exact) mass is 472 g/mol. The summed E-state index contributed by atoms with van der Waals surface area (Å²) in [7, 11) is 0. The number of benzene rings is 1. The highest BCUT2D eigenvalue weighted by Gasteiger charge is 2.35. The van der Waals surface area contributed by atoms with E-state index in [2.05, 4.69) is 55.3 Å². The van der Waals surface area contributed by atoms with Crippen LogP contribution in [-0.4, -0.2) is 47.1 Å². The second-order valence-corrected chi connectivity index (χ2v) is 10.3. The molecule has 0 bridgehead atoms. The molecule has 1 saturated heterocycles. The van der Waals surface area contributed by atoms with Gasteiger partial charge in [0.15, 0.2) is 5.96 Å². The van der Waals surface area contributed by atoms with Crippen LogP contribution in [0.25, 0.3) is 0 Å². The van der Waals surface area contributed by atoms with Crippen molar-refractivity contribution in [1.82, 2.24) is 10.2 Å². The topological polar surface area (TPSA) is 97.0 Å². The van der Waals surface area contributed by atoms with E-state index in [-0.39, 0.29) is 17.9 Å². The third-order valence-corrected chi connectivity index (χ3v) is 6.59. The molecule has 2 rings (SSSR count). The molecule has 0 aromatic heterocycles. The molecule has 7 heteroatoms. The summed E-state index contributed by atoms with van der Waals surface area (Å²) in [5, 5.41) is 2.75. The molecule has 1 aliphatic heterocycles. The molecule has 1 aliphatic rings. The number of carbonyl (C=O) groups excluding carboxylic acids is 2. The minimum Gasteiger partial charge on any atom is -0.444 e. The van der Waals surface area contributed by atoms with Gasteiger partial charge in [-0.2, -0.15) is 0 Å². The third-order valence-electron chi connectivity index (χ3n) is 6.59. The fraction of sp³-hybridized carbons (Fsp3) is 0.667. The number of amides is 2. The fourth-order valence-corrected chi connectivity index (χ4v) is 4.64. The second kappa shape index (κ2) is 12.8. The molecule has 34 heavy (non-hydrogen) atoms. The molecule has 2 amide bonds. The molecule has 4 unspecified atom stereocenters. The van der Waals surface area contributed by atoms with Crippen molar-refractivity contribution in [1.29, 1.82) is 0 Å². The van der Waals surface area contributed by atoms with E-state index in [1.165, 1.54) is 10.5 Å². The molecular weight excluding hydrogens is 428 g/mol. The molecule has 7 nitrogen and oxygen atoms in total. The van der Waals surface area contributed by atoms with Crippen molar-refractivity contribution in [3.05, 3.63) is 35.9 Å². The molecule has 190 valence electrons. The maximum absolute atomic E-state index is 13.0. The van der Waals surface area contributed by atoms with Crippen LogP contribution in [0.4, 0.5) is 4.79 Å². The van der Waals surface area contributed by atoms with E-state index in [1.807, 2.05) is 26.8 Å². The summed E-state index contributed by atoms with van der Waals surface area (Å²) in [4.78, 5) is 31.8. The second-order valence-electron chi connectivity index (χ2n) is 10.3. The first-order chi connectivity index (χ1) is 16.1. The minimum absolute atomic E-state index is 0.0311. The Hall–Kier alpha value is -2.57. The van der Waals surface area contributed by atoms with E-state index in [9.17, 15) is 9.59 Å². The average Bonchev–Trinajstić information content (AvgIpc) is 2.79. The first-order valence-corrected chi connectivity index (χ1v) is 12.7. The first-order valence-electron chi connectivity index (χ1n) is 12.7. The van der Waals surface area contributed by atoms with E-state index in [4.69, 9.17) is 10.5 Å². The van der Waals surface area contributed by atoms with E-state index >= 15 is 0 Å². The Morgan fingerprint density at radius 3 is 2.44 bits per heavy atom. The molecule has 1 fully saturated rings. The van der Waals surface area contributed by atoms with Gasteiger partial charge in [0.25, 0.3) is 0 Å². The number of nitrogens with one attached hydrogen (secondary N) is 1. The summed E-state index contributed by atoms with van der Waals surface area (Å²) >= 11 is 0. The van der Waals surface area contributed by atoms with Crippen LogP contribution in [0, 0.1) is 5.92 Å². The lowest BCUT2D eigenvalue weighted by atomic mass is 9.83. The van der Waals surface area contributed by atoms with Crippen LogP contribution in [0.1, 0.15) is 91.5 Å². The van der Waals surface area contributed by atoms with E-state index in [1.54, 1.807) is 0 Å². The number of piperidine rings is 1.